The zero-order chi connectivity index (χ0) is 30.5. The van der Waals surface area contributed by atoms with Crippen molar-refractivity contribution in [1.82, 2.24) is 20.1 Å². The molecular formula is C30H35N4O7PS. The van der Waals surface area contributed by atoms with E-state index in [1.165, 1.54) is 11.3 Å². The average molecular weight is 627 g/mol. The monoisotopic (exact) mass is 626 g/mol. The molecular weight excluding hydrogens is 591 g/mol. The second-order valence-corrected chi connectivity index (χ2v) is 14.5. The number of amides is 3. The van der Waals surface area contributed by atoms with E-state index in [9.17, 15) is 28.7 Å². The van der Waals surface area contributed by atoms with Crippen LogP contribution in [0.2, 0.25) is 0 Å². The number of methoxy groups -OCH3 is 1. The standard InChI is InChI=1S/C30H35N4O7PS/c1-17-22(12-31-13-25(17)41-2)20-14-33(15-20)30(37)24-8-7-21-4-3-5-23(29(36)34(21)24)32-28(35)27-11-19-10-18(16-42(38,39)40)6-9-26(19)43-27/h6,9-13,20-21,23-24H,3-5,7-8,14-16H2,1-2H3,(H,32,35)(H2,38,39,40)/t21-,23-,24-/m0/s1. The topological polar surface area (TPSA) is 149 Å². The lowest BCUT2D eigenvalue weighted by molar-refractivity contribution is -0.148. The summed E-state index contributed by atoms with van der Waals surface area (Å²) in [7, 11) is -2.60. The summed E-state index contributed by atoms with van der Waals surface area (Å²) in [5.74, 6) is 0.281. The first kappa shape index (κ1) is 29.7. The van der Waals surface area contributed by atoms with E-state index in [0.29, 0.717) is 41.8 Å². The second kappa shape index (κ2) is 11.6. The van der Waals surface area contributed by atoms with Gasteiger partial charge in [0.05, 0.1) is 24.3 Å². The number of carbonyl (C=O) groups is 3. The molecule has 3 N–H and O–H groups in total. The number of hydrogen-bond acceptors (Lipinski definition) is 7. The van der Waals surface area contributed by atoms with Crippen molar-refractivity contribution in [3.8, 4) is 5.75 Å². The zero-order valence-corrected chi connectivity index (χ0v) is 25.8. The minimum atomic E-state index is -4.21. The van der Waals surface area contributed by atoms with Gasteiger partial charge in [-0.3, -0.25) is 23.9 Å². The third-order valence-corrected chi connectivity index (χ3v) is 10.8. The molecule has 1 aromatic carbocycles. The molecule has 13 heteroatoms. The van der Waals surface area contributed by atoms with Crippen molar-refractivity contribution >= 4 is 46.7 Å². The number of hydrogen-bond donors (Lipinski definition) is 3. The Morgan fingerprint density at radius 1 is 1.14 bits per heavy atom. The van der Waals surface area contributed by atoms with Crippen LogP contribution in [0.4, 0.5) is 0 Å². The highest BCUT2D eigenvalue weighted by atomic mass is 32.1. The number of ether oxygens (including phenoxy) is 1. The molecule has 3 aliphatic heterocycles. The van der Waals surface area contributed by atoms with Crippen LogP contribution in [0, 0.1) is 6.92 Å². The van der Waals surface area contributed by atoms with E-state index >= 15 is 0 Å². The van der Waals surface area contributed by atoms with E-state index in [1.807, 2.05) is 18.0 Å². The number of fused-ring (bicyclic) bond motifs is 2. The Bertz CT molecular complexity index is 1630. The molecule has 3 fully saturated rings. The summed E-state index contributed by atoms with van der Waals surface area (Å²) in [6.45, 7) is 3.13. The fourth-order valence-corrected chi connectivity index (χ4v) is 8.33. The van der Waals surface area contributed by atoms with E-state index in [-0.39, 0.29) is 35.8 Å². The molecule has 2 aromatic heterocycles. The maximum absolute atomic E-state index is 13.8. The predicted molar refractivity (Wildman–Crippen MR) is 161 cm³/mol. The first-order chi connectivity index (χ1) is 20.5. The van der Waals surface area contributed by atoms with Crippen LogP contribution in [-0.4, -0.2) is 80.6 Å². The van der Waals surface area contributed by atoms with Crippen molar-refractivity contribution in [2.24, 2.45) is 0 Å². The molecule has 43 heavy (non-hydrogen) atoms. The van der Waals surface area contributed by atoms with E-state index in [2.05, 4.69) is 10.3 Å². The van der Waals surface area contributed by atoms with Crippen molar-refractivity contribution < 1.29 is 33.5 Å². The van der Waals surface area contributed by atoms with E-state index < -0.39 is 19.7 Å². The van der Waals surface area contributed by atoms with Gasteiger partial charge < -0.3 is 29.6 Å². The fourth-order valence-electron chi connectivity index (χ4n) is 6.71. The highest BCUT2D eigenvalue weighted by Gasteiger charge is 2.47. The molecule has 3 amide bonds. The Morgan fingerprint density at radius 2 is 1.93 bits per heavy atom. The summed E-state index contributed by atoms with van der Waals surface area (Å²) in [6, 6.07) is 5.49. The van der Waals surface area contributed by atoms with Crippen LogP contribution in [0.1, 0.15) is 64.4 Å². The van der Waals surface area contributed by atoms with Crippen molar-refractivity contribution in [3.63, 3.8) is 0 Å². The smallest absolute Gasteiger partial charge is 0.329 e. The highest BCUT2D eigenvalue weighted by Crippen LogP contribution is 2.40. The summed E-state index contributed by atoms with van der Waals surface area (Å²) in [6.07, 6.45) is 6.60. The van der Waals surface area contributed by atoms with Gasteiger partial charge in [0.1, 0.15) is 17.8 Å². The number of benzene rings is 1. The van der Waals surface area contributed by atoms with Crippen molar-refractivity contribution in [2.45, 2.75) is 69.2 Å². The van der Waals surface area contributed by atoms with E-state index in [4.69, 9.17) is 4.74 Å². The molecule has 11 nitrogen and oxygen atoms in total. The molecule has 3 atom stereocenters. The maximum Gasteiger partial charge on any atom is 0.329 e. The number of carbonyl (C=O) groups excluding carboxylic acids is 3. The Balaban J connectivity index is 1.12. The third-order valence-electron chi connectivity index (χ3n) is 8.93. The van der Waals surface area contributed by atoms with Gasteiger partial charge in [0.25, 0.3) is 5.91 Å². The molecule has 3 aromatic rings. The van der Waals surface area contributed by atoms with Crippen molar-refractivity contribution in [2.75, 3.05) is 20.2 Å². The van der Waals surface area contributed by atoms with Crippen molar-refractivity contribution in [1.29, 1.82) is 0 Å². The van der Waals surface area contributed by atoms with Gasteiger partial charge in [-0.15, -0.1) is 11.3 Å². The lowest BCUT2D eigenvalue weighted by atomic mass is 9.89. The van der Waals surface area contributed by atoms with E-state index in [0.717, 1.165) is 40.8 Å². The lowest BCUT2D eigenvalue weighted by Gasteiger charge is -2.43. The highest BCUT2D eigenvalue weighted by molar-refractivity contribution is 7.50. The molecule has 5 heterocycles. The zero-order valence-electron chi connectivity index (χ0n) is 24.1. The number of aromatic nitrogens is 1. The normalized spacial score (nSPS) is 22.7. The summed E-state index contributed by atoms with van der Waals surface area (Å²) >= 11 is 1.26. The Morgan fingerprint density at radius 3 is 2.67 bits per heavy atom. The molecule has 0 aliphatic carbocycles. The minimum Gasteiger partial charge on any atom is -0.495 e. The summed E-state index contributed by atoms with van der Waals surface area (Å²) in [5, 5.41) is 3.64. The average Bonchev–Trinajstić information content (AvgIpc) is 3.52. The molecule has 6 rings (SSSR count). The largest absolute Gasteiger partial charge is 0.495 e. The van der Waals surface area contributed by atoms with E-state index in [1.54, 1.807) is 42.5 Å². The summed E-state index contributed by atoms with van der Waals surface area (Å²) in [5.41, 5.74) is 2.58. The van der Waals surface area contributed by atoms with Crippen LogP contribution in [-0.2, 0) is 20.3 Å². The van der Waals surface area contributed by atoms with Gasteiger partial charge in [0.15, 0.2) is 0 Å². The molecule has 0 unspecified atom stereocenters. The first-order valence-corrected chi connectivity index (χ1v) is 17.1. The summed E-state index contributed by atoms with van der Waals surface area (Å²) in [4.78, 5) is 67.6. The molecule has 0 radical (unpaired) electrons. The molecule has 228 valence electrons. The van der Waals surface area contributed by atoms with Crippen LogP contribution in [0.15, 0.2) is 36.7 Å². The number of pyridine rings is 1. The lowest BCUT2D eigenvalue weighted by Crippen LogP contribution is -2.58. The Hall–Kier alpha value is -3.31. The van der Waals surface area contributed by atoms with Gasteiger partial charge in [-0.05, 0) is 79.3 Å². The number of rotatable bonds is 7. The molecule has 0 saturated carbocycles. The number of nitrogens with zero attached hydrogens (tertiary/aromatic N) is 3. The fraction of sp³-hybridized carbons (Fsp3) is 0.467. The number of likely N-dealkylation sites (tertiary alicyclic amines) is 1. The van der Waals surface area contributed by atoms with Crippen LogP contribution in [0.3, 0.4) is 0 Å². The first-order valence-electron chi connectivity index (χ1n) is 14.5. The third kappa shape index (κ3) is 5.93. The van der Waals surface area contributed by atoms with Gasteiger partial charge in [-0.1, -0.05) is 6.07 Å². The predicted octanol–water partition coefficient (Wildman–Crippen LogP) is 3.56. The quantitative estimate of drug-likeness (QED) is 0.337. The van der Waals surface area contributed by atoms with Crippen LogP contribution in [0.5, 0.6) is 5.75 Å². The van der Waals surface area contributed by atoms with Gasteiger partial charge in [-0.2, -0.15) is 0 Å². The molecule has 3 aliphatic rings. The minimum absolute atomic E-state index is 0.0120. The van der Waals surface area contributed by atoms with Gasteiger partial charge in [0.2, 0.25) is 11.8 Å². The summed E-state index contributed by atoms with van der Waals surface area (Å²) < 4.78 is 17.6. The molecule has 0 bridgehead atoms. The van der Waals surface area contributed by atoms with Gasteiger partial charge in [0, 0.05) is 35.9 Å². The second-order valence-electron chi connectivity index (χ2n) is 11.8. The Kier molecular flexibility index (Phi) is 8.06. The van der Waals surface area contributed by atoms with Crippen LogP contribution in [0.25, 0.3) is 10.1 Å². The molecule has 0 spiro atoms. The van der Waals surface area contributed by atoms with Gasteiger partial charge in [-0.25, -0.2) is 0 Å². The Labute approximate surface area is 253 Å². The van der Waals surface area contributed by atoms with Crippen LogP contribution >= 0.6 is 18.9 Å². The maximum atomic E-state index is 13.8. The van der Waals surface area contributed by atoms with Crippen molar-refractivity contribution in [3.05, 3.63) is 58.2 Å². The molecule has 3 saturated heterocycles. The number of nitrogens with one attached hydrogen (secondary N) is 1. The van der Waals surface area contributed by atoms with Crippen LogP contribution < -0.4 is 10.1 Å². The SMILES string of the molecule is COc1cncc(C2CN(C(=O)[C@@H]3CC[C@@H]4CCC[C@H](NC(=O)c5cc6cc(CP(=O)(O)O)ccc6s5)C(=O)N43)C2)c1C. The number of thiophene rings is 1. The van der Waals surface area contributed by atoms with Gasteiger partial charge >= 0.3 is 7.60 Å².